The molecule has 0 bridgehead atoms. The topological polar surface area (TPSA) is 26.3 Å². The van der Waals surface area contributed by atoms with E-state index in [1.807, 2.05) is 0 Å². The minimum Gasteiger partial charge on any atom is -0.459 e. The van der Waals surface area contributed by atoms with Crippen molar-refractivity contribution < 1.29 is 9.53 Å². The minimum absolute atomic E-state index is 0.0000709. The van der Waals surface area contributed by atoms with Crippen LogP contribution in [0.3, 0.4) is 0 Å². The molecule has 0 aromatic rings. The quantitative estimate of drug-likeness (QED) is 0.552. The number of carbonyl (C=O) groups is 1. The second-order valence-corrected chi connectivity index (χ2v) is 9.82. The molecule has 2 heteroatoms. The van der Waals surface area contributed by atoms with Gasteiger partial charge in [0.25, 0.3) is 0 Å². The summed E-state index contributed by atoms with van der Waals surface area (Å²) in [5.41, 5.74) is -1.03. The maximum absolute atomic E-state index is 13.4. The van der Waals surface area contributed by atoms with Crippen molar-refractivity contribution in [2.45, 2.75) is 112 Å². The number of hydrogen-bond acceptors (Lipinski definition) is 2. The van der Waals surface area contributed by atoms with E-state index in [1.54, 1.807) is 0 Å². The van der Waals surface area contributed by atoms with Crippen LogP contribution in [0.4, 0.5) is 0 Å². The van der Waals surface area contributed by atoms with E-state index in [0.29, 0.717) is 0 Å². The highest BCUT2D eigenvalue weighted by Gasteiger charge is 2.55. The number of esters is 1. The molecule has 0 radical (unpaired) electrons. The van der Waals surface area contributed by atoms with Crippen molar-refractivity contribution in [3.63, 3.8) is 0 Å². The maximum Gasteiger partial charge on any atom is 0.313 e. The summed E-state index contributed by atoms with van der Waals surface area (Å²) in [6, 6.07) is 0. The van der Waals surface area contributed by atoms with Crippen LogP contribution >= 0.6 is 0 Å². The minimum atomic E-state index is -0.509. The third-order valence-electron chi connectivity index (χ3n) is 6.63. The van der Waals surface area contributed by atoms with Gasteiger partial charge in [0.2, 0.25) is 0 Å². The molecule has 1 saturated carbocycles. The average molecular weight is 325 g/mol. The fourth-order valence-electron chi connectivity index (χ4n) is 4.11. The van der Waals surface area contributed by atoms with E-state index in [2.05, 4.69) is 55.4 Å². The van der Waals surface area contributed by atoms with Crippen molar-refractivity contribution in [1.82, 2.24) is 0 Å². The zero-order chi connectivity index (χ0) is 17.9. The summed E-state index contributed by atoms with van der Waals surface area (Å²) < 4.78 is 6.34. The Morgan fingerprint density at radius 1 is 0.826 bits per heavy atom. The monoisotopic (exact) mass is 324 g/mol. The lowest BCUT2D eigenvalue weighted by Crippen LogP contribution is -2.53. The van der Waals surface area contributed by atoms with E-state index in [-0.39, 0.29) is 22.4 Å². The summed E-state index contributed by atoms with van der Waals surface area (Å²) in [5.74, 6) is -0.0000709. The molecular formula is C21H40O2. The van der Waals surface area contributed by atoms with Crippen LogP contribution in [-0.2, 0) is 9.53 Å². The average Bonchev–Trinajstić information content (AvgIpc) is 2.38. The Bertz CT molecular complexity index is 373. The van der Waals surface area contributed by atoms with Crippen LogP contribution in [0, 0.1) is 16.2 Å². The van der Waals surface area contributed by atoms with Gasteiger partial charge in [0.05, 0.1) is 5.41 Å². The van der Waals surface area contributed by atoms with Crippen molar-refractivity contribution in [3.8, 4) is 0 Å². The van der Waals surface area contributed by atoms with Gasteiger partial charge >= 0.3 is 5.97 Å². The van der Waals surface area contributed by atoms with Crippen LogP contribution in [0.25, 0.3) is 0 Å². The molecule has 0 aliphatic heterocycles. The largest absolute Gasteiger partial charge is 0.459 e. The second kappa shape index (κ2) is 7.15. The first kappa shape index (κ1) is 20.5. The van der Waals surface area contributed by atoms with Crippen LogP contribution in [-0.4, -0.2) is 11.6 Å². The third kappa shape index (κ3) is 4.31. The number of ether oxygens (including phenoxy) is 1. The molecule has 0 spiro atoms. The van der Waals surface area contributed by atoms with Gasteiger partial charge in [0.15, 0.2) is 0 Å². The van der Waals surface area contributed by atoms with Gasteiger partial charge in [-0.1, -0.05) is 67.7 Å². The van der Waals surface area contributed by atoms with Gasteiger partial charge < -0.3 is 4.74 Å². The molecule has 0 aromatic heterocycles. The molecule has 0 N–H and O–H groups in total. The third-order valence-corrected chi connectivity index (χ3v) is 6.63. The van der Waals surface area contributed by atoms with Crippen molar-refractivity contribution >= 4 is 5.97 Å². The Kier molecular flexibility index (Phi) is 6.38. The maximum atomic E-state index is 13.4. The Morgan fingerprint density at radius 3 is 1.57 bits per heavy atom. The highest BCUT2D eigenvalue weighted by atomic mass is 16.6. The van der Waals surface area contributed by atoms with Gasteiger partial charge in [-0.05, 0) is 49.9 Å². The standard InChI is InChI=1S/C21H40O2/c1-9-21(15-13-11-10-12-14-16-21)23-17(22)20(8,18(2,3)4)19(5,6)7/h9-16H2,1-8H3. The summed E-state index contributed by atoms with van der Waals surface area (Å²) in [6.07, 6.45) is 9.23. The van der Waals surface area contributed by atoms with E-state index in [0.717, 1.165) is 19.3 Å². The molecule has 1 rings (SSSR count). The molecule has 0 amide bonds. The lowest BCUT2D eigenvalue weighted by molar-refractivity contribution is -0.191. The summed E-state index contributed by atoms with van der Waals surface area (Å²) in [5, 5.41) is 0. The molecule has 2 nitrogen and oxygen atoms in total. The van der Waals surface area contributed by atoms with Crippen molar-refractivity contribution in [2.24, 2.45) is 16.2 Å². The Balaban J connectivity index is 3.09. The van der Waals surface area contributed by atoms with E-state index in [1.165, 1.54) is 32.1 Å². The zero-order valence-corrected chi connectivity index (χ0v) is 17.0. The molecule has 1 aliphatic rings. The van der Waals surface area contributed by atoms with Gasteiger partial charge in [-0.25, -0.2) is 0 Å². The summed E-state index contributed by atoms with van der Waals surface area (Å²) in [6.45, 7) is 17.3. The van der Waals surface area contributed by atoms with Crippen molar-refractivity contribution in [1.29, 1.82) is 0 Å². The fraction of sp³-hybridized carbons (Fsp3) is 0.952. The molecule has 0 heterocycles. The number of hydrogen-bond donors (Lipinski definition) is 0. The zero-order valence-electron chi connectivity index (χ0n) is 17.0. The van der Waals surface area contributed by atoms with Crippen LogP contribution in [0.1, 0.15) is 107 Å². The SMILES string of the molecule is CCC1(OC(=O)C(C)(C(C)(C)C)C(C)(C)C)CCCCCCC1. The van der Waals surface area contributed by atoms with E-state index < -0.39 is 5.41 Å². The highest BCUT2D eigenvalue weighted by molar-refractivity contribution is 5.79. The smallest absolute Gasteiger partial charge is 0.313 e. The van der Waals surface area contributed by atoms with Gasteiger partial charge in [-0.15, -0.1) is 0 Å². The van der Waals surface area contributed by atoms with Crippen LogP contribution in [0.2, 0.25) is 0 Å². The molecule has 136 valence electrons. The lowest BCUT2D eigenvalue weighted by atomic mass is 9.55. The summed E-state index contributed by atoms with van der Waals surface area (Å²) in [7, 11) is 0. The van der Waals surface area contributed by atoms with Gasteiger partial charge in [-0.2, -0.15) is 0 Å². The highest BCUT2D eigenvalue weighted by Crippen LogP contribution is 2.53. The number of carbonyl (C=O) groups excluding carboxylic acids is 1. The van der Waals surface area contributed by atoms with Gasteiger partial charge in [0.1, 0.15) is 5.60 Å². The molecular weight excluding hydrogens is 284 g/mol. The molecule has 0 aromatic carbocycles. The summed E-state index contributed by atoms with van der Waals surface area (Å²) >= 11 is 0. The van der Waals surface area contributed by atoms with E-state index >= 15 is 0 Å². The Labute approximate surface area is 144 Å². The van der Waals surface area contributed by atoms with Crippen molar-refractivity contribution in [2.75, 3.05) is 0 Å². The Morgan fingerprint density at radius 2 is 1.22 bits per heavy atom. The first-order valence-electron chi connectivity index (χ1n) is 9.63. The molecule has 1 fully saturated rings. The van der Waals surface area contributed by atoms with Gasteiger partial charge in [-0.3, -0.25) is 4.79 Å². The van der Waals surface area contributed by atoms with E-state index in [9.17, 15) is 4.79 Å². The molecule has 1 aliphatic carbocycles. The van der Waals surface area contributed by atoms with Gasteiger partial charge in [0, 0.05) is 0 Å². The first-order chi connectivity index (χ1) is 10.4. The van der Waals surface area contributed by atoms with Crippen LogP contribution in [0.15, 0.2) is 0 Å². The summed E-state index contributed by atoms with van der Waals surface area (Å²) in [4.78, 5) is 13.4. The molecule has 23 heavy (non-hydrogen) atoms. The lowest BCUT2D eigenvalue weighted by Gasteiger charge is -2.50. The fourth-order valence-corrected chi connectivity index (χ4v) is 4.11. The van der Waals surface area contributed by atoms with Crippen molar-refractivity contribution in [3.05, 3.63) is 0 Å². The number of rotatable bonds is 3. The Hall–Kier alpha value is -0.530. The second-order valence-electron chi connectivity index (χ2n) is 9.82. The van der Waals surface area contributed by atoms with E-state index in [4.69, 9.17) is 4.74 Å². The first-order valence-corrected chi connectivity index (χ1v) is 9.63. The predicted octanol–water partition coefficient (Wildman–Crippen LogP) is 6.52. The molecule has 0 unspecified atom stereocenters. The van der Waals surface area contributed by atoms with Crippen LogP contribution in [0.5, 0.6) is 0 Å². The van der Waals surface area contributed by atoms with Crippen LogP contribution < -0.4 is 0 Å². The normalized spacial score (nSPS) is 20.5. The predicted molar refractivity (Wildman–Crippen MR) is 98.5 cm³/mol. The molecule has 0 atom stereocenters. The molecule has 0 saturated heterocycles.